The van der Waals surface area contributed by atoms with E-state index in [-0.39, 0.29) is 5.60 Å². The maximum Gasteiger partial charge on any atom is 0.265 e. The number of primary amides is 1. The minimum Gasteiger partial charge on any atom is -0.480 e. The number of aromatic amines is 1. The molecule has 1 fully saturated rings. The Morgan fingerprint density at radius 2 is 2.14 bits per heavy atom. The number of carbonyl (C=O) groups excluding carboxylic acids is 1. The SMILES string of the molecule is NC(=O)c1cc2c([nH]1)-c1ccncc1OC21CCCCC1. The molecule has 0 aromatic carbocycles. The number of hydrogen-bond donors (Lipinski definition) is 2. The number of ether oxygens (including phenoxy) is 1. The van der Waals surface area contributed by atoms with Gasteiger partial charge in [0, 0.05) is 17.3 Å². The first-order valence-corrected chi connectivity index (χ1v) is 7.36. The Balaban J connectivity index is 1.94. The van der Waals surface area contributed by atoms with E-state index in [9.17, 15) is 4.79 Å². The summed E-state index contributed by atoms with van der Waals surface area (Å²) in [4.78, 5) is 18.9. The summed E-state index contributed by atoms with van der Waals surface area (Å²) in [5.41, 5.74) is 8.51. The second-order valence-electron chi connectivity index (χ2n) is 5.86. The summed E-state index contributed by atoms with van der Waals surface area (Å²) in [7, 11) is 0. The van der Waals surface area contributed by atoms with Crippen LogP contribution in [0.5, 0.6) is 5.75 Å². The van der Waals surface area contributed by atoms with Gasteiger partial charge in [0.1, 0.15) is 17.0 Å². The fraction of sp³-hybridized carbons (Fsp3) is 0.375. The van der Waals surface area contributed by atoms with Crippen molar-refractivity contribution < 1.29 is 9.53 Å². The highest BCUT2D eigenvalue weighted by atomic mass is 16.5. The van der Waals surface area contributed by atoms with Crippen LogP contribution >= 0.6 is 0 Å². The van der Waals surface area contributed by atoms with Crippen molar-refractivity contribution in [2.45, 2.75) is 37.7 Å². The summed E-state index contributed by atoms with van der Waals surface area (Å²) >= 11 is 0. The van der Waals surface area contributed by atoms with Crippen LogP contribution in [-0.2, 0) is 5.60 Å². The standard InChI is InChI=1S/C16H17N3O2/c17-15(20)12-8-11-14(19-12)10-4-7-18-9-13(10)21-16(11)5-2-1-3-6-16/h4,7-9,19H,1-3,5-6H2,(H2,17,20). The van der Waals surface area contributed by atoms with Crippen molar-refractivity contribution in [3.8, 4) is 17.0 Å². The predicted molar refractivity (Wildman–Crippen MR) is 77.9 cm³/mol. The van der Waals surface area contributed by atoms with Crippen molar-refractivity contribution in [1.82, 2.24) is 9.97 Å². The molecule has 5 heteroatoms. The maximum atomic E-state index is 11.5. The lowest BCUT2D eigenvalue weighted by Gasteiger charge is -2.41. The Labute approximate surface area is 122 Å². The number of hydrogen-bond acceptors (Lipinski definition) is 3. The number of nitrogens with one attached hydrogen (secondary N) is 1. The molecule has 108 valence electrons. The van der Waals surface area contributed by atoms with E-state index in [1.165, 1.54) is 6.42 Å². The molecule has 1 aliphatic carbocycles. The van der Waals surface area contributed by atoms with Crippen molar-refractivity contribution in [3.05, 3.63) is 35.8 Å². The maximum absolute atomic E-state index is 11.5. The topological polar surface area (TPSA) is 81.0 Å². The van der Waals surface area contributed by atoms with Crippen molar-refractivity contribution >= 4 is 5.91 Å². The molecule has 2 aliphatic rings. The highest BCUT2D eigenvalue weighted by Crippen LogP contribution is 2.50. The number of nitrogens with two attached hydrogens (primary N) is 1. The Morgan fingerprint density at radius 1 is 1.33 bits per heavy atom. The second kappa shape index (κ2) is 4.35. The zero-order valence-corrected chi connectivity index (χ0v) is 11.7. The van der Waals surface area contributed by atoms with Gasteiger partial charge in [-0.2, -0.15) is 0 Å². The first-order valence-electron chi connectivity index (χ1n) is 7.36. The molecular formula is C16H17N3O2. The van der Waals surface area contributed by atoms with Gasteiger partial charge >= 0.3 is 0 Å². The van der Waals surface area contributed by atoms with Crippen LogP contribution in [0, 0.1) is 0 Å². The van der Waals surface area contributed by atoms with Crippen molar-refractivity contribution in [1.29, 1.82) is 0 Å². The van der Waals surface area contributed by atoms with Crippen LogP contribution in [0.2, 0.25) is 0 Å². The zero-order chi connectivity index (χ0) is 14.4. The Kier molecular flexibility index (Phi) is 2.58. The van der Waals surface area contributed by atoms with E-state index in [4.69, 9.17) is 10.5 Å². The van der Waals surface area contributed by atoms with Crippen LogP contribution < -0.4 is 10.5 Å². The van der Waals surface area contributed by atoms with Crippen LogP contribution in [-0.4, -0.2) is 15.9 Å². The Morgan fingerprint density at radius 3 is 2.90 bits per heavy atom. The third kappa shape index (κ3) is 1.77. The van der Waals surface area contributed by atoms with Gasteiger partial charge in [0.2, 0.25) is 0 Å². The van der Waals surface area contributed by atoms with Gasteiger partial charge in [-0.05, 0) is 37.8 Å². The molecule has 2 aromatic heterocycles. The second-order valence-corrected chi connectivity index (χ2v) is 5.86. The van der Waals surface area contributed by atoms with Crippen LogP contribution in [0.15, 0.2) is 24.5 Å². The molecule has 1 spiro atoms. The fourth-order valence-corrected chi connectivity index (χ4v) is 3.59. The fourth-order valence-electron chi connectivity index (χ4n) is 3.59. The molecule has 0 unspecified atom stereocenters. The van der Waals surface area contributed by atoms with Gasteiger partial charge in [-0.3, -0.25) is 9.78 Å². The van der Waals surface area contributed by atoms with Gasteiger partial charge in [-0.1, -0.05) is 6.42 Å². The van der Waals surface area contributed by atoms with Crippen LogP contribution in [0.4, 0.5) is 0 Å². The largest absolute Gasteiger partial charge is 0.480 e. The van der Waals surface area contributed by atoms with E-state index in [2.05, 4.69) is 9.97 Å². The molecule has 0 radical (unpaired) electrons. The van der Waals surface area contributed by atoms with E-state index >= 15 is 0 Å². The summed E-state index contributed by atoms with van der Waals surface area (Å²) in [5, 5.41) is 0. The molecule has 1 aliphatic heterocycles. The summed E-state index contributed by atoms with van der Waals surface area (Å²) in [6.07, 6.45) is 8.90. The molecule has 3 N–H and O–H groups in total. The van der Waals surface area contributed by atoms with Crippen LogP contribution in [0.3, 0.4) is 0 Å². The molecule has 1 saturated carbocycles. The van der Waals surface area contributed by atoms with Gasteiger partial charge in [0.25, 0.3) is 5.91 Å². The van der Waals surface area contributed by atoms with Crippen molar-refractivity contribution in [3.63, 3.8) is 0 Å². The minimum atomic E-state index is -0.439. The predicted octanol–water partition coefficient (Wildman–Crippen LogP) is 2.73. The average molecular weight is 283 g/mol. The monoisotopic (exact) mass is 283 g/mol. The third-order valence-electron chi connectivity index (χ3n) is 4.59. The van der Waals surface area contributed by atoms with E-state index in [1.807, 2.05) is 12.1 Å². The van der Waals surface area contributed by atoms with Gasteiger partial charge in [-0.25, -0.2) is 0 Å². The normalized spacial score (nSPS) is 18.7. The molecule has 0 atom stereocenters. The third-order valence-corrected chi connectivity index (χ3v) is 4.59. The van der Waals surface area contributed by atoms with E-state index in [0.717, 1.165) is 48.3 Å². The number of pyridine rings is 1. The van der Waals surface area contributed by atoms with Crippen LogP contribution in [0.25, 0.3) is 11.3 Å². The molecule has 2 aromatic rings. The molecular weight excluding hydrogens is 266 g/mol. The lowest BCUT2D eigenvalue weighted by atomic mass is 9.77. The highest BCUT2D eigenvalue weighted by molar-refractivity contribution is 5.93. The molecule has 0 saturated heterocycles. The lowest BCUT2D eigenvalue weighted by Crippen LogP contribution is -2.37. The molecule has 21 heavy (non-hydrogen) atoms. The molecule has 5 nitrogen and oxygen atoms in total. The molecule has 4 rings (SSSR count). The minimum absolute atomic E-state index is 0.339. The van der Waals surface area contributed by atoms with E-state index < -0.39 is 5.91 Å². The lowest BCUT2D eigenvalue weighted by molar-refractivity contribution is 0.0237. The smallest absolute Gasteiger partial charge is 0.265 e. The zero-order valence-electron chi connectivity index (χ0n) is 11.7. The van der Waals surface area contributed by atoms with Gasteiger partial charge in [-0.15, -0.1) is 0 Å². The summed E-state index contributed by atoms with van der Waals surface area (Å²) < 4.78 is 6.35. The Hall–Kier alpha value is -2.30. The number of nitrogens with zero attached hydrogens (tertiary/aromatic N) is 1. The molecule has 1 amide bonds. The van der Waals surface area contributed by atoms with E-state index in [1.54, 1.807) is 12.4 Å². The summed E-state index contributed by atoms with van der Waals surface area (Å²) in [6, 6.07) is 3.78. The van der Waals surface area contributed by atoms with Crippen molar-refractivity contribution in [2.75, 3.05) is 0 Å². The summed E-state index contributed by atoms with van der Waals surface area (Å²) in [5.74, 6) is 0.343. The number of fused-ring (bicyclic) bond motifs is 4. The number of aromatic nitrogens is 2. The van der Waals surface area contributed by atoms with Gasteiger partial charge < -0.3 is 15.5 Å². The Bertz CT molecular complexity index is 714. The molecule has 0 bridgehead atoms. The average Bonchev–Trinajstić information content (AvgIpc) is 2.95. The van der Waals surface area contributed by atoms with Crippen molar-refractivity contribution in [2.24, 2.45) is 5.73 Å². The highest BCUT2D eigenvalue weighted by Gasteiger charge is 2.43. The van der Waals surface area contributed by atoms with Crippen LogP contribution in [0.1, 0.15) is 48.2 Å². The summed E-state index contributed by atoms with van der Waals surface area (Å²) in [6.45, 7) is 0. The first-order chi connectivity index (χ1) is 10.2. The quantitative estimate of drug-likeness (QED) is 0.844. The number of amides is 1. The molecule has 3 heterocycles. The van der Waals surface area contributed by atoms with E-state index in [0.29, 0.717) is 5.69 Å². The van der Waals surface area contributed by atoms with Gasteiger partial charge in [0.05, 0.1) is 11.9 Å². The number of rotatable bonds is 1. The number of carbonyl (C=O) groups is 1. The number of H-pyrrole nitrogens is 1. The first kappa shape index (κ1) is 12.4. The van der Waals surface area contributed by atoms with Gasteiger partial charge in [0.15, 0.2) is 0 Å².